The first-order valence-corrected chi connectivity index (χ1v) is 14.3. The second-order valence-electron chi connectivity index (χ2n) is 10.9. The fraction of sp³-hybridized carbons (Fsp3) is 0.516. The van der Waals surface area contributed by atoms with Gasteiger partial charge in [-0.25, -0.2) is 15.0 Å². The fourth-order valence-electron chi connectivity index (χ4n) is 5.07. The van der Waals surface area contributed by atoms with Crippen LogP contribution in [0.1, 0.15) is 98.3 Å². The molecule has 2 aliphatic carbocycles. The first-order valence-electron chi connectivity index (χ1n) is 14.3. The van der Waals surface area contributed by atoms with Crippen molar-refractivity contribution in [1.29, 1.82) is 0 Å². The molecule has 2 heterocycles. The van der Waals surface area contributed by atoms with E-state index in [2.05, 4.69) is 35.5 Å². The number of aryl methyl sites for hydroxylation is 2. The van der Waals surface area contributed by atoms with Crippen LogP contribution in [0.15, 0.2) is 40.8 Å². The summed E-state index contributed by atoms with van der Waals surface area (Å²) in [6.45, 7) is 4.74. The lowest BCUT2D eigenvalue weighted by atomic mass is 9.92. The number of aliphatic hydroxyl groups is 3. The average Bonchev–Trinajstić information content (AvgIpc) is 3.73. The monoisotopic (exact) mass is 532 g/mol. The van der Waals surface area contributed by atoms with Gasteiger partial charge in [0.25, 0.3) is 0 Å². The van der Waals surface area contributed by atoms with Crippen molar-refractivity contribution in [3.05, 3.63) is 70.7 Å². The van der Waals surface area contributed by atoms with Crippen molar-refractivity contribution in [2.45, 2.75) is 90.1 Å². The molecule has 0 aliphatic heterocycles. The minimum atomic E-state index is -1.29. The molecular weight excluding hydrogens is 492 g/mol. The third kappa shape index (κ3) is 7.00. The van der Waals surface area contributed by atoms with Crippen LogP contribution in [0.3, 0.4) is 0 Å². The Morgan fingerprint density at radius 1 is 1.05 bits per heavy atom. The summed E-state index contributed by atoms with van der Waals surface area (Å²) in [5.74, 6) is 2.77. The molecular formula is C31H40N4O4. The molecule has 2 atom stereocenters. The van der Waals surface area contributed by atoms with Crippen molar-refractivity contribution in [2.24, 2.45) is 5.92 Å². The lowest BCUT2D eigenvalue weighted by molar-refractivity contribution is -0.0465. The maximum absolute atomic E-state index is 10.9. The van der Waals surface area contributed by atoms with Crippen LogP contribution in [0.25, 0.3) is 16.6 Å². The number of nitrogens with zero attached hydrogens (tertiary/aromatic N) is 3. The number of nitrogens with one attached hydrogen (secondary N) is 1. The number of rotatable bonds is 13. The van der Waals surface area contributed by atoms with Gasteiger partial charge >= 0.3 is 0 Å². The molecule has 0 bridgehead atoms. The van der Waals surface area contributed by atoms with E-state index in [1.807, 2.05) is 25.1 Å². The van der Waals surface area contributed by atoms with Crippen molar-refractivity contribution >= 4 is 16.6 Å². The van der Waals surface area contributed by atoms with Crippen molar-refractivity contribution in [3.63, 3.8) is 0 Å². The largest absolute Gasteiger partial charge is 0.445 e. The van der Waals surface area contributed by atoms with Crippen LogP contribution in [-0.4, -0.2) is 43.1 Å². The highest BCUT2D eigenvalue weighted by atomic mass is 16.5. The van der Waals surface area contributed by atoms with Crippen molar-refractivity contribution in [2.75, 3.05) is 6.54 Å². The van der Waals surface area contributed by atoms with Crippen LogP contribution < -0.4 is 5.32 Å². The minimum absolute atomic E-state index is 0.342. The van der Waals surface area contributed by atoms with Crippen LogP contribution in [-0.2, 0) is 12.8 Å². The van der Waals surface area contributed by atoms with Gasteiger partial charge in [0.1, 0.15) is 12.0 Å². The van der Waals surface area contributed by atoms with E-state index in [4.69, 9.17) is 14.4 Å². The lowest BCUT2D eigenvalue weighted by Crippen LogP contribution is -2.23. The molecule has 1 fully saturated rings. The normalized spacial score (nSPS) is 18.2. The molecule has 0 spiro atoms. The number of hydrogen-bond donors (Lipinski definition) is 4. The predicted molar refractivity (Wildman–Crippen MR) is 151 cm³/mol. The van der Waals surface area contributed by atoms with E-state index in [-0.39, 0.29) is 0 Å². The Hall–Kier alpha value is -2.91. The first-order chi connectivity index (χ1) is 18.9. The number of oxazole rings is 1. The van der Waals surface area contributed by atoms with Gasteiger partial charge in [-0.3, -0.25) is 5.32 Å². The molecule has 2 unspecified atom stereocenters. The highest BCUT2D eigenvalue weighted by Crippen LogP contribution is 2.40. The molecule has 39 heavy (non-hydrogen) atoms. The van der Waals surface area contributed by atoms with Gasteiger partial charge in [-0.15, -0.1) is 0 Å². The smallest absolute Gasteiger partial charge is 0.197 e. The Morgan fingerprint density at radius 2 is 1.90 bits per heavy atom. The number of unbranched alkanes of at least 4 members (excludes halogenated alkanes) is 1. The van der Waals surface area contributed by atoms with Crippen LogP contribution in [0.5, 0.6) is 0 Å². The Bertz CT molecular complexity index is 1340. The Balaban J connectivity index is 1.30. The molecule has 1 aromatic carbocycles. The summed E-state index contributed by atoms with van der Waals surface area (Å²) in [5, 5.41) is 32.5. The van der Waals surface area contributed by atoms with E-state index < -0.39 is 12.5 Å². The second kappa shape index (κ2) is 12.5. The van der Waals surface area contributed by atoms with Gasteiger partial charge in [0, 0.05) is 18.9 Å². The molecule has 8 heteroatoms. The summed E-state index contributed by atoms with van der Waals surface area (Å²) in [4.78, 5) is 14.5. The topological polar surface area (TPSA) is 125 Å². The lowest BCUT2D eigenvalue weighted by Gasteiger charge is -2.17. The summed E-state index contributed by atoms with van der Waals surface area (Å²) in [6, 6.07) is 5.71. The maximum atomic E-state index is 10.9. The van der Waals surface area contributed by atoms with Crippen LogP contribution in [0, 0.1) is 12.8 Å². The zero-order valence-electron chi connectivity index (χ0n) is 22.9. The quantitative estimate of drug-likeness (QED) is 0.179. The van der Waals surface area contributed by atoms with E-state index in [9.17, 15) is 15.3 Å². The van der Waals surface area contributed by atoms with Gasteiger partial charge in [-0.2, -0.15) is 0 Å². The molecule has 4 N–H and O–H groups in total. The predicted octanol–water partition coefficient (Wildman–Crippen LogP) is 5.02. The van der Waals surface area contributed by atoms with Crippen LogP contribution in [0.4, 0.5) is 0 Å². The number of fused-ring (bicyclic) bond motifs is 1. The summed E-state index contributed by atoms with van der Waals surface area (Å²) in [6.07, 6.45) is 12.1. The zero-order chi connectivity index (χ0) is 27.4. The number of allylic oxidation sites excluding steroid dienone is 4. The van der Waals surface area contributed by atoms with Crippen molar-refractivity contribution in [3.8, 4) is 0 Å². The summed E-state index contributed by atoms with van der Waals surface area (Å²) < 4.78 is 5.94. The number of hydrogen-bond acceptors (Lipinski definition) is 8. The summed E-state index contributed by atoms with van der Waals surface area (Å²) in [5.41, 5.74) is 6.05. The van der Waals surface area contributed by atoms with Crippen molar-refractivity contribution < 1.29 is 19.7 Å². The molecule has 2 aromatic heterocycles. The number of aliphatic hydroxyl groups excluding tert-OH is 2. The van der Waals surface area contributed by atoms with E-state index >= 15 is 0 Å². The molecule has 3 aromatic rings. The Morgan fingerprint density at radius 3 is 2.62 bits per heavy atom. The Kier molecular flexibility index (Phi) is 8.87. The van der Waals surface area contributed by atoms with E-state index in [1.54, 1.807) is 0 Å². The van der Waals surface area contributed by atoms with Gasteiger partial charge in [0.05, 0.1) is 28.1 Å². The standard InChI is InChI=1S/C31H40N4O4/c1-3-20-8-10-21(11-9-20)29-25(6-4-5-7-28(36)37)34-26-18-23(14-15-24(26)35-29)30(38)32-17-16-27-19(2)33-31(39-27)22-12-13-22/h8,10-11,14-15,18,20,22,28,30,32,36-38H,3-7,9,12-13,16-17H2,1-2H3. The van der Waals surface area contributed by atoms with Crippen LogP contribution >= 0.6 is 0 Å². The second-order valence-corrected chi connectivity index (χ2v) is 10.9. The summed E-state index contributed by atoms with van der Waals surface area (Å²) in [7, 11) is 0. The molecule has 2 aliphatic rings. The molecule has 0 amide bonds. The molecule has 208 valence electrons. The van der Waals surface area contributed by atoms with E-state index in [0.717, 1.165) is 83.0 Å². The number of benzene rings is 1. The highest BCUT2D eigenvalue weighted by Gasteiger charge is 2.29. The fourth-order valence-corrected chi connectivity index (χ4v) is 5.07. The molecule has 0 saturated heterocycles. The van der Waals surface area contributed by atoms with Gasteiger partial charge in [0.2, 0.25) is 0 Å². The number of aromatic nitrogens is 3. The molecule has 8 nitrogen and oxygen atoms in total. The molecule has 5 rings (SSSR count). The van der Waals surface area contributed by atoms with Crippen LogP contribution in [0.2, 0.25) is 0 Å². The third-order valence-corrected chi connectivity index (χ3v) is 7.71. The Labute approximate surface area is 229 Å². The van der Waals surface area contributed by atoms with Gasteiger partial charge in [0.15, 0.2) is 12.2 Å². The van der Waals surface area contributed by atoms with Gasteiger partial charge < -0.3 is 19.7 Å². The molecule has 0 radical (unpaired) electrons. The van der Waals surface area contributed by atoms with E-state index in [0.29, 0.717) is 44.1 Å². The van der Waals surface area contributed by atoms with Gasteiger partial charge in [-0.1, -0.05) is 31.2 Å². The zero-order valence-corrected chi connectivity index (χ0v) is 22.9. The summed E-state index contributed by atoms with van der Waals surface area (Å²) >= 11 is 0. The SMILES string of the molecule is CCC1C=CC(c2nc3ccc(C(O)NCCc4oc(C5CC5)nc4C)cc3nc2CCCCC(O)O)=CC1. The first kappa shape index (κ1) is 27.6. The minimum Gasteiger partial charge on any atom is -0.445 e. The average molecular weight is 533 g/mol. The highest BCUT2D eigenvalue weighted by molar-refractivity contribution is 5.81. The molecule has 1 saturated carbocycles. The van der Waals surface area contributed by atoms with Crippen molar-refractivity contribution in [1.82, 2.24) is 20.3 Å². The van der Waals surface area contributed by atoms with E-state index in [1.165, 1.54) is 0 Å². The van der Waals surface area contributed by atoms with Gasteiger partial charge in [-0.05, 0) is 87.5 Å². The third-order valence-electron chi connectivity index (χ3n) is 7.71. The maximum Gasteiger partial charge on any atom is 0.197 e.